The minimum atomic E-state index is -0.663. The van der Waals surface area contributed by atoms with Crippen LogP contribution in [0.2, 0.25) is 0 Å². The van der Waals surface area contributed by atoms with Crippen molar-refractivity contribution in [2.24, 2.45) is 5.73 Å². The summed E-state index contributed by atoms with van der Waals surface area (Å²) in [7, 11) is 1.91. The predicted octanol–water partition coefficient (Wildman–Crippen LogP) is 3.21. The summed E-state index contributed by atoms with van der Waals surface area (Å²) in [4.78, 5) is 26.3. The molecular weight excluding hydrogens is 404 g/mol. The van der Waals surface area contributed by atoms with Crippen LogP contribution in [0.25, 0.3) is 0 Å². The zero-order chi connectivity index (χ0) is 20.6. The van der Waals surface area contributed by atoms with Crippen LogP contribution in [0.15, 0.2) is 54.6 Å². The lowest BCUT2D eigenvalue weighted by atomic mass is 10.0. The number of carbonyl (C=O) groups is 2. The normalized spacial score (nSPS) is 16.8. The number of likely N-dealkylation sites (N-methyl/N-ethyl adjacent to an activating group) is 1. The molecule has 4 N–H and O–H groups in total. The average molecular weight is 433 g/mol. The number of halogens is 1. The summed E-state index contributed by atoms with van der Waals surface area (Å²) in [6, 6.07) is 15.9. The first kappa shape index (κ1) is 23.5. The third-order valence-electron chi connectivity index (χ3n) is 5.12. The summed E-state index contributed by atoms with van der Waals surface area (Å²) in [6.07, 6.45) is 2.17. The molecule has 0 saturated carbocycles. The van der Waals surface area contributed by atoms with E-state index in [2.05, 4.69) is 10.6 Å². The van der Waals surface area contributed by atoms with Gasteiger partial charge < -0.3 is 26.0 Å². The molecule has 30 heavy (non-hydrogen) atoms. The molecule has 162 valence electrons. The van der Waals surface area contributed by atoms with Crippen molar-refractivity contribution in [3.8, 4) is 11.5 Å². The van der Waals surface area contributed by atoms with Crippen LogP contribution in [-0.4, -0.2) is 43.0 Å². The lowest BCUT2D eigenvalue weighted by Gasteiger charge is -2.33. The SMILES string of the molecule is CNC1CCCN(C(=O)CC(NC(N)=O)c2cccc(Oc3ccccc3)c2)C1.Cl. The Bertz CT molecular complexity index is 834. The van der Waals surface area contributed by atoms with E-state index >= 15 is 0 Å². The number of rotatable bonds is 7. The van der Waals surface area contributed by atoms with E-state index in [1.54, 1.807) is 0 Å². The van der Waals surface area contributed by atoms with Gasteiger partial charge in [0.05, 0.1) is 12.5 Å². The Morgan fingerprint density at radius 2 is 1.90 bits per heavy atom. The van der Waals surface area contributed by atoms with E-state index in [9.17, 15) is 9.59 Å². The highest BCUT2D eigenvalue weighted by atomic mass is 35.5. The number of hydrogen-bond acceptors (Lipinski definition) is 4. The van der Waals surface area contributed by atoms with Crippen molar-refractivity contribution in [3.05, 3.63) is 60.2 Å². The smallest absolute Gasteiger partial charge is 0.312 e. The molecule has 0 aliphatic carbocycles. The Morgan fingerprint density at radius 3 is 2.60 bits per heavy atom. The van der Waals surface area contributed by atoms with E-state index in [0.29, 0.717) is 24.1 Å². The van der Waals surface area contributed by atoms with Gasteiger partial charge in [-0.25, -0.2) is 4.79 Å². The zero-order valence-corrected chi connectivity index (χ0v) is 17.9. The molecule has 1 fully saturated rings. The number of urea groups is 1. The van der Waals surface area contributed by atoms with E-state index in [4.69, 9.17) is 10.5 Å². The second kappa shape index (κ2) is 11.4. The van der Waals surface area contributed by atoms with Crippen molar-refractivity contribution >= 4 is 24.3 Å². The first-order valence-electron chi connectivity index (χ1n) is 9.89. The van der Waals surface area contributed by atoms with Gasteiger partial charge >= 0.3 is 6.03 Å². The highest BCUT2D eigenvalue weighted by Crippen LogP contribution is 2.26. The molecule has 1 saturated heterocycles. The number of likely N-dealkylation sites (tertiary alicyclic amines) is 1. The molecule has 0 aromatic heterocycles. The van der Waals surface area contributed by atoms with Crippen molar-refractivity contribution in [2.75, 3.05) is 20.1 Å². The van der Waals surface area contributed by atoms with Crippen molar-refractivity contribution in [1.82, 2.24) is 15.5 Å². The molecule has 0 bridgehead atoms. The highest BCUT2D eigenvalue weighted by Gasteiger charge is 2.26. The number of benzene rings is 2. The topological polar surface area (TPSA) is 96.7 Å². The summed E-state index contributed by atoms with van der Waals surface area (Å²) in [5.41, 5.74) is 6.14. The van der Waals surface area contributed by atoms with E-state index in [1.165, 1.54) is 0 Å². The van der Waals surface area contributed by atoms with Crippen LogP contribution in [0.3, 0.4) is 0 Å². The van der Waals surface area contributed by atoms with E-state index in [0.717, 1.165) is 24.9 Å². The fraction of sp³-hybridized carbons (Fsp3) is 0.364. The first-order valence-corrected chi connectivity index (χ1v) is 9.89. The molecule has 7 nitrogen and oxygen atoms in total. The van der Waals surface area contributed by atoms with Crippen LogP contribution in [0.5, 0.6) is 11.5 Å². The molecule has 2 unspecified atom stereocenters. The molecule has 1 heterocycles. The number of carbonyl (C=O) groups excluding carboxylic acids is 2. The van der Waals surface area contributed by atoms with Gasteiger partial charge in [0.25, 0.3) is 0 Å². The molecule has 0 spiro atoms. The number of piperidine rings is 1. The Kier molecular flexibility index (Phi) is 8.95. The minimum Gasteiger partial charge on any atom is -0.457 e. The molecule has 2 atom stereocenters. The van der Waals surface area contributed by atoms with Crippen LogP contribution in [0.4, 0.5) is 4.79 Å². The third-order valence-corrected chi connectivity index (χ3v) is 5.12. The van der Waals surface area contributed by atoms with Gasteiger partial charge in [0.15, 0.2) is 0 Å². The monoisotopic (exact) mass is 432 g/mol. The van der Waals surface area contributed by atoms with Gasteiger partial charge in [0.2, 0.25) is 5.91 Å². The van der Waals surface area contributed by atoms with Crippen LogP contribution >= 0.6 is 12.4 Å². The number of hydrogen-bond donors (Lipinski definition) is 3. The number of amides is 3. The van der Waals surface area contributed by atoms with Crippen LogP contribution in [0, 0.1) is 0 Å². The number of nitrogens with zero attached hydrogens (tertiary/aromatic N) is 1. The quantitative estimate of drug-likeness (QED) is 0.625. The molecule has 2 aromatic rings. The summed E-state index contributed by atoms with van der Waals surface area (Å²) < 4.78 is 5.88. The number of primary amides is 1. The summed E-state index contributed by atoms with van der Waals surface area (Å²) in [6.45, 7) is 1.41. The van der Waals surface area contributed by atoms with E-state index < -0.39 is 12.1 Å². The lowest BCUT2D eigenvalue weighted by molar-refractivity contribution is -0.133. The van der Waals surface area contributed by atoms with Gasteiger partial charge in [-0.3, -0.25) is 4.79 Å². The Morgan fingerprint density at radius 1 is 1.17 bits per heavy atom. The fourth-order valence-electron chi connectivity index (χ4n) is 3.59. The second-order valence-electron chi connectivity index (χ2n) is 7.22. The standard InChI is InChI=1S/C22H28N4O3.ClH/c1-24-17-8-6-12-26(15-17)21(27)14-20(25-22(23)28)16-7-5-11-19(13-16)29-18-9-3-2-4-10-18;/h2-5,7,9-11,13,17,20,24H,6,8,12,14-15H2,1H3,(H3,23,25,28);1H. The summed E-state index contributed by atoms with van der Waals surface area (Å²) in [5, 5.41) is 5.94. The maximum atomic E-state index is 12.9. The highest BCUT2D eigenvalue weighted by molar-refractivity contribution is 5.85. The summed E-state index contributed by atoms with van der Waals surface area (Å²) in [5.74, 6) is 1.34. The number of para-hydroxylation sites is 1. The van der Waals surface area contributed by atoms with Crippen molar-refractivity contribution in [1.29, 1.82) is 0 Å². The largest absolute Gasteiger partial charge is 0.457 e. The Balaban J connectivity index is 0.00000320. The fourth-order valence-corrected chi connectivity index (χ4v) is 3.59. The maximum absolute atomic E-state index is 12.9. The third kappa shape index (κ3) is 6.64. The van der Waals surface area contributed by atoms with Crippen molar-refractivity contribution in [3.63, 3.8) is 0 Å². The molecular formula is C22H29ClN4O3. The van der Waals surface area contributed by atoms with Gasteiger partial charge in [-0.2, -0.15) is 0 Å². The number of nitrogens with one attached hydrogen (secondary N) is 2. The van der Waals surface area contributed by atoms with E-state index in [-0.39, 0.29) is 24.7 Å². The molecule has 1 aliphatic rings. The van der Waals surface area contributed by atoms with Gasteiger partial charge in [-0.1, -0.05) is 30.3 Å². The molecule has 8 heteroatoms. The lowest BCUT2D eigenvalue weighted by Crippen LogP contribution is -2.48. The molecule has 2 aromatic carbocycles. The number of nitrogens with two attached hydrogens (primary N) is 1. The van der Waals surface area contributed by atoms with Gasteiger partial charge in [-0.05, 0) is 49.7 Å². The van der Waals surface area contributed by atoms with Gasteiger partial charge in [-0.15, -0.1) is 12.4 Å². The average Bonchev–Trinajstić information content (AvgIpc) is 2.74. The first-order chi connectivity index (χ1) is 14.0. The molecule has 3 amide bonds. The molecule has 3 rings (SSSR count). The second-order valence-corrected chi connectivity index (χ2v) is 7.22. The summed E-state index contributed by atoms with van der Waals surface area (Å²) >= 11 is 0. The molecule has 0 radical (unpaired) electrons. The van der Waals surface area contributed by atoms with Crippen LogP contribution in [0.1, 0.15) is 30.9 Å². The zero-order valence-electron chi connectivity index (χ0n) is 17.0. The maximum Gasteiger partial charge on any atom is 0.312 e. The van der Waals surface area contributed by atoms with Gasteiger partial charge in [0, 0.05) is 19.1 Å². The van der Waals surface area contributed by atoms with Crippen LogP contribution < -0.4 is 21.1 Å². The Hall–Kier alpha value is -2.77. The molecule has 1 aliphatic heterocycles. The Labute approximate surface area is 183 Å². The number of ether oxygens (including phenoxy) is 1. The van der Waals surface area contributed by atoms with E-state index in [1.807, 2.05) is 66.5 Å². The van der Waals surface area contributed by atoms with Crippen molar-refractivity contribution in [2.45, 2.75) is 31.3 Å². The minimum absolute atomic E-state index is 0. The predicted molar refractivity (Wildman–Crippen MR) is 119 cm³/mol. The van der Waals surface area contributed by atoms with Gasteiger partial charge in [0.1, 0.15) is 11.5 Å². The van der Waals surface area contributed by atoms with Crippen molar-refractivity contribution < 1.29 is 14.3 Å². The van der Waals surface area contributed by atoms with Crippen LogP contribution in [-0.2, 0) is 4.79 Å².